The zero-order valence-electron chi connectivity index (χ0n) is 7.59. The van der Waals surface area contributed by atoms with Gasteiger partial charge in [-0.1, -0.05) is 6.07 Å². The largest absolute Gasteiger partial charge is 0.309 e. The molecule has 1 N–H and O–H groups in total. The molecule has 1 aromatic rings. The SMILES string of the molecule is C[SH](C)c1ccc2c(c1)CNC2. The van der Waals surface area contributed by atoms with Gasteiger partial charge in [-0.2, -0.15) is 0 Å². The van der Waals surface area contributed by atoms with Gasteiger partial charge in [-0.05, 0) is 40.7 Å². The first-order valence-corrected chi connectivity index (χ1v) is 6.51. The Bertz CT molecular complexity index is 294. The summed E-state index contributed by atoms with van der Waals surface area (Å²) in [5.74, 6) is 0. The van der Waals surface area contributed by atoms with Crippen LogP contribution < -0.4 is 5.32 Å². The Morgan fingerprint density at radius 2 is 1.92 bits per heavy atom. The maximum absolute atomic E-state index is 3.36. The van der Waals surface area contributed by atoms with Crippen molar-refractivity contribution in [2.75, 3.05) is 12.5 Å². The minimum Gasteiger partial charge on any atom is -0.309 e. The van der Waals surface area contributed by atoms with E-state index in [1.807, 2.05) is 0 Å². The zero-order chi connectivity index (χ0) is 8.55. The Labute approximate surface area is 76.5 Å². The summed E-state index contributed by atoms with van der Waals surface area (Å²) in [5.41, 5.74) is 2.99. The van der Waals surface area contributed by atoms with Crippen molar-refractivity contribution >= 4 is 10.9 Å². The van der Waals surface area contributed by atoms with Crippen molar-refractivity contribution in [1.82, 2.24) is 5.32 Å². The Hall–Kier alpha value is -0.470. The lowest BCUT2D eigenvalue weighted by atomic mass is 10.1. The molecule has 1 aliphatic rings. The summed E-state index contributed by atoms with van der Waals surface area (Å²) in [6.45, 7) is 2.12. The molecule has 2 heteroatoms. The van der Waals surface area contributed by atoms with Crippen LogP contribution in [0, 0.1) is 0 Å². The molecule has 1 aromatic carbocycles. The fourth-order valence-corrected chi connectivity index (χ4v) is 2.35. The van der Waals surface area contributed by atoms with E-state index < -0.39 is 0 Å². The Kier molecular flexibility index (Phi) is 2.11. The molecule has 0 bridgehead atoms. The molecule has 0 saturated heterocycles. The lowest BCUT2D eigenvalue weighted by Gasteiger charge is -2.10. The van der Waals surface area contributed by atoms with Gasteiger partial charge in [0.2, 0.25) is 0 Å². The second-order valence-corrected chi connectivity index (χ2v) is 5.76. The third kappa shape index (κ3) is 1.37. The zero-order valence-corrected chi connectivity index (χ0v) is 8.49. The maximum atomic E-state index is 3.36. The highest BCUT2D eigenvalue weighted by Gasteiger charge is 2.09. The number of hydrogen-bond acceptors (Lipinski definition) is 1. The van der Waals surface area contributed by atoms with E-state index in [0.717, 1.165) is 13.1 Å². The summed E-state index contributed by atoms with van der Waals surface area (Å²) in [7, 11) is 0.0701. The van der Waals surface area contributed by atoms with E-state index in [1.54, 1.807) is 0 Å². The molecule has 12 heavy (non-hydrogen) atoms. The highest BCUT2D eigenvalue weighted by molar-refractivity contribution is 8.15. The lowest BCUT2D eigenvalue weighted by Crippen LogP contribution is -1.99. The van der Waals surface area contributed by atoms with Crippen molar-refractivity contribution in [3.63, 3.8) is 0 Å². The van der Waals surface area contributed by atoms with Crippen LogP contribution in [-0.2, 0) is 13.1 Å². The van der Waals surface area contributed by atoms with E-state index in [9.17, 15) is 0 Å². The average Bonchev–Trinajstić information content (AvgIpc) is 2.49. The summed E-state index contributed by atoms with van der Waals surface area (Å²) in [6, 6.07) is 6.91. The number of fused-ring (bicyclic) bond motifs is 1. The van der Waals surface area contributed by atoms with E-state index in [-0.39, 0.29) is 10.9 Å². The molecular formula is C10H15NS. The van der Waals surface area contributed by atoms with Crippen LogP contribution in [0.1, 0.15) is 11.1 Å². The van der Waals surface area contributed by atoms with Crippen LogP contribution in [0.3, 0.4) is 0 Å². The third-order valence-electron chi connectivity index (χ3n) is 2.34. The van der Waals surface area contributed by atoms with Gasteiger partial charge in [0.05, 0.1) is 0 Å². The molecule has 0 radical (unpaired) electrons. The first kappa shape index (κ1) is 8.14. The third-order valence-corrected chi connectivity index (χ3v) is 3.65. The fourth-order valence-electron chi connectivity index (χ4n) is 1.56. The first-order valence-electron chi connectivity index (χ1n) is 4.27. The molecule has 1 heterocycles. The number of benzene rings is 1. The van der Waals surface area contributed by atoms with Crippen LogP contribution in [0.15, 0.2) is 23.1 Å². The van der Waals surface area contributed by atoms with Crippen molar-refractivity contribution in [2.24, 2.45) is 0 Å². The van der Waals surface area contributed by atoms with Crippen LogP contribution >= 0.6 is 10.9 Å². The van der Waals surface area contributed by atoms with Crippen molar-refractivity contribution in [3.05, 3.63) is 29.3 Å². The fraction of sp³-hybridized carbons (Fsp3) is 0.400. The van der Waals surface area contributed by atoms with Gasteiger partial charge in [0, 0.05) is 13.1 Å². The highest BCUT2D eigenvalue weighted by Crippen LogP contribution is 2.30. The minimum absolute atomic E-state index is 0.0701. The van der Waals surface area contributed by atoms with Crippen LogP contribution in [0.2, 0.25) is 0 Å². The van der Waals surface area contributed by atoms with Crippen LogP contribution in [0.4, 0.5) is 0 Å². The van der Waals surface area contributed by atoms with Gasteiger partial charge in [0.1, 0.15) is 0 Å². The molecule has 0 saturated carbocycles. The van der Waals surface area contributed by atoms with E-state index in [1.165, 1.54) is 16.0 Å². The van der Waals surface area contributed by atoms with Crippen LogP contribution in [-0.4, -0.2) is 12.5 Å². The normalized spacial score (nSPS) is 16.0. The summed E-state index contributed by atoms with van der Waals surface area (Å²) in [5, 5.41) is 3.36. The molecule has 0 atom stereocenters. The molecule has 0 fully saturated rings. The Morgan fingerprint density at radius 3 is 2.67 bits per heavy atom. The van der Waals surface area contributed by atoms with Crippen molar-refractivity contribution in [1.29, 1.82) is 0 Å². The summed E-state index contributed by atoms with van der Waals surface area (Å²) in [6.07, 6.45) is 4.61. The molecular weight excluding hydrogens is 166 g/mol. The Balaban J connectivity index is 2.39. The molecule has 0 unspecified atom stereocenters. The standard InChI is InChI=1S/C10H15NS/c1-12(2)10-4-3-8-6-11-7-9(8)5-10/h3-5,11-12H,6-7H2,1-2H3. The van der Waals surface area contributed by atoms with Crippen LogP contribution in [0.25, 0.3) is 0 Å². The predicted octanol–water partition coefficient (Wildman–Crippen LogP) is 1.91. The molecule has 0 aliphatic carbocycles. The highest BCUT2D eigenvalue weighted by atomic mass is 32.2. The van der Waals surface area contributed by atoms with Gasteiger partial charge in [-0.3, -0.25) is 0 Å². The second-order valence-electron chi connectivity index (χ2n) is 3.45. The smallest absolute Gasteiger partial charge is 0.0212 e. The van der Waals surface area contributed by atoms with E-state index in [4.69, 9.17) is 0 Å². The van der Waals surface area contributed by atoms with E-state index in [2.05, 4.69) is 36.0 Å². The van der Waals surface area contributed by atoms with Gasteiger partial charge < -0.3 is 5.32 Å². The van der Waals surface area contributed by atoms with Gasteiger partial charge in [0.25, 0.3) is 0 Å². The summed E-state index contributed by atoms with van der Waals surface area (Å²) < 4.78 is 0. The van der Waals surface area contributed by atoms with Crippen molar-refractivity contribution < 1.29 is 0 Å². The van der Waals surface area contributed by atoms with Crippen molar-refractivity contribution in [3.8, 4) is 0 Å². The van der Waals surface area contributed by atoms with Crippen molar-refractivity contribution in [2.45, 2.75) is 18.0 Å². The average molecular weight is 181 g/mol. The van der Waals surface area contributed by atoms with Gasteiger partial charge in [-0.25, -0.2) is 10.9 Å². The number of thiol groups is 1. The minimum atomic E-state index is 0.0701. The molecule has 0 aromatic heterocycles. The maximum Gasteiger partial charge on any atom is 0.0212 e. The molecule has 0 amide bonds. The molecule has 1 nitrogen and oxygen atoms in total. The topological polar surface area (TPSA) is 12.0 Å². The van der Waals surface area contributed by atoms with E-state index in [0.29, 0.717) is 0 Å². The van der Waals surface area contributed by atoms with Gasteiger partial charge >= 0.3 is 0 Å². The van der Waals surface area contributed by atoms with E-state index >= 15 is 0 Å². The second kappa shape index (κ2) is 3.11. The number of hydrogen-bond donors (Lipinski definition) is 2. The van der Waals surface area contributed by atoms with Gasteiger partial charge in [0.15, 0.2) is 0 Å². The predicted molar refractivity (Wildman–Crippen MR) is 56.1 cm³/mol. The molecule has 1 aliphatic heterocycles. The number of rotatable bonds is 1. The summed E-state index contributed by atoms with van der Waals surface area (Å²) >= 11 is 0. The van der Waals surface area contributed by atoms with Crippen LogP contribution in [0.5, 0.6) is 0 Å². The number of nitrogens with one attached hydrogen (secondary N) is 1. The Morgan fingerprint density at radius 1 is 1.17 bits per heavy atom. The van der Waals surface area contributed by atoms with Gasteiger partial charge in [-0.15, -0.1) is 0 Å². The lowest BCUT2D eigenvalue weighted by molar-refractivity contribution is 0.764. The summed E-state index contributed by atoms with van der Waals surface area (Å²) in [4.78, 5) is 1.52. The monoisotopic (exact) mass is 181 g/mol. The quantitative estimate of drug-likeness (QED) is 0.631. The molecule has 0 spiro atoms. The first-order chi connectivity index (χ1) is 5.77. The molecule has 2 rings (SSSR count). The molecule has 66 valence electrons.